The number of piperidine rings is 1. The molecule has 5 heteroatoms. The third kappa shape index (κ3) is 5.45. The molecule has 0 bridgehead atoms. The molecule has 0 radical (unpaired) electrons. The fraction of sp³-hybridized carbons (Fsp3) is 0.417. The van der Waals surface area contributed by atoms with Crippen molar-refractivity contribution in [2.45, 2.75) is 32.1 Å². The second-order valence-electron chi connectivity index (χ2n) is 7.51. The van der Waals surface area contributed by atoms with Crippen molar-refractivity contribution >= 4 is 11.8 Å². The van der Waals surface area contributed by atoms with Gasteiger partial charge in [-0.1, -0.05) is 31.2 Å². The molecule has 1 unspecified atom stereocenters. The summed E-state index contributed by atoms with van der Waals surface area (Å²) in [5.41, 5.74) is 3.74. The Morgan fingerprint density at radius 2 is 1.93 bits per heavy atom. The largest absolute Gasteiger partial charge is 0.383 e. The maximum atomic E-state index is 12.9. The summed E-state index contributed by atoms with van der Waals surface area (Å²) in [6.45, 7) is 4.55. The summed E-state index contributed by atoms with van der Waals surface area (Å²) in [6, 6.07) is 15.7. The number of amides is 2. The number of nitrogens with zero attached hydrogens (tertiary/aromatic N) is 1. The van der Waals surface area contributed by atoms with Crippen LogP contribution < -0.4 is 5.32 Å². The molecule has 5 nitrogen and oxygen atoms in total. The zero-order valence-corrected chi connectivity index (χ0v) is 17.3. The number of methoxy groups -OCH3 is 1. The molecule has 1 N–H and O–H groups in total. The van der Waals surface area contributed by atoms with Crippen LogP contribution in [0.5, 0.6) is 0 Å². The monoisotopic (exact) mass is 394 g/mol. The molecule has 29 heavy (non-hydrogen) atoms. The number of carbonyl (C=O) groups is 2. The number of aryl methyl sites for hydroxylation is 1. The van der Waals surface area contributed by atoms with Gasteiger partial charge in [-0.05, 0) is 54.7 Å². The molecule has 0 saturated carbocycles. The van der Waals surface area contributed by atoms with Gasteiger partial charge < -0.3 is 15.0 Å². The first kappa shape index (κ1) is 21.1. The van der Waals surface area contributed by atoms with Gasteiger partial charge in [0.05, 0.1) is 6.61 Å². The van der Waals surface area contributed by atoms with E-state index in [0.29, 0.717) is 25.3 Å². The number of rotatable bonds is 7. The van der Waals surface area contributed by atoms with Gasteiger partial charge in [-0.3, -0.25) is 9.59 Å². The minimum absolute atomic E-state index is 0.0887. The average molecular weight is 395 g/mol. The standard InChI is InChI=1S/C24H30N2O3/c1-3-18-9-11-19(12-10-18)24(28)26-14-5-8-22(17-26)20-6-4-7-21(16-20)23(27)25-13-15-29-2/h4,6-7,9-12,16,22H,3,5,8,13-15,17H2,1-2H3,(H,25,27). The van der Waals surface area contributed by atoms with Crippen molar-refractivity contribution in [3.8, 4) is 0 Å². The molecule has 2 aromatic carbocycles. The zero-order valence-electron chi connectivity index (χ0n) is 17.3. The van der Waals surface area contributed by atoms with Crippen molar-refractivity contribution in [2.24, 2.45) is 0 Å². The van der Waals surface area contributed by atoms with Crippen LogP contribution in [0.2, 0.25) is 0 Å². The fourth-order valence-corrected chi connectivity index (χ4v) is 3.80. The summed E-state index contributed by atoms with van der Waals surface area (Å²) in [5, 5.41) is 2.86. The lowest BCUT2D eigenvalue weighted by Crippen LogP contribution is -2.39. The first-order valence-corrected chi connectivity index (χ1v) is 10.4. The predicted octanol–water partition coefficient (Wildman–Crippen LogP) is 3.65. The summed E-state index contributed by atoms with van der Waals surface area (Å²) in [4.78, 5) is 27.2. The Morgan fingerprint density at radius 1 is 1.14 bits per heavy atom. The van der Waals surface area contributed by atoms with E-state index in [0.717, 1.165) is 36.9 Å². The number of hydrogen-bond acceptors (Lipinski definition) is 3. The molecule has 0 spiro atoms. The van der Waals surface area contributed by atoms with Gasteiger partial charge in [-0.25, -0.2) is 0 Å². The number of hydrogen-bond donors (Lipinski definition) is 1. The van der Waals surface area contributed by atoms with Crippen LogP contribution in [0.1, 0.15) is 57.5 Å². The molecule has 2 amide bonds. The summed E-state index contributed by atoms with van der Waals surface area (Å²) in [5.74, 6) is 0.240. The van der Waals surface area contributed by atoms with Crippen molar-refractivity contribution in [2.75, 3.05) is 33.4 Å². The molecule has 1 aliphatic rings. The van der Waals surface area contributed by atoms with Crippen molar-refractivity contribution in [1.82, 2.24) is 10.2 Å². The van der Waals surface area contributed by atoms with Crippen LogP contribution in [0, 0.1) is 0 Å². The maximum absolute atomic E-state index is 12.9. The van der Waals surface area contributed by atoms with Gasteiger partial charge in [0.25, 0.3) is 11.8 Å². The molecule has 0 aliphatic carbocycles. The molecular formula is C24H30N2O3. The second-order valence-corrected chi connectivity index (χ2v) is 7.51. The number of likely N-dealkylation sites (tertiary alicyclic amines) is 1. The number of carbonyl (C=O) groups excluding carboxylic acids is 2. The molecular weight excluding hydrogens is 364 g/mol. The normalized spacial score (nSPS) is 16.5. The van der Waals surface area contributed by atoms with Crippen LogP contribution in [0.15, 0.2) is 48.5 Å². The van der Waals surface area contributed by atoms with Crippen LogP contribution in [-0.4, -0.2) is 50.1 Å². The van der Waals surface area contributed by atoms with E-state index in [1.165, 1.54) is 5.56 Å². The Balaban J connectivity index is 1.67. The van der Waals surface area contributed by atoms with E-state index < -0.39 is 0 Å². The van der Waals surface area contributed by atoms with Gasteiger partial charge >= 0.3 is 0 Å². The van der Waals surface area contributed by atoms with Crippen LogP contribution >= 0.6 is 0 Å². The van der Waals surface area contributed by atoms with E-state index in [1.54, 1.807) is 7.11 Å². The van der Waals surface area contributed by atoms with E-state index in [-0.39, 0.29) is 17.7 Å². The molecule has 1 fully saturated rings. The first-order chi connectivity index (χ1) is 14.1. The highest BCUT2D eigenvalue weighted by molar-refractivity contribution is 5.95. The Bertz CT molecular complexity index is 832. The quantitative estimate of drug-likeness (QED) is 0.730. The van der Waals surface area contributed by atoms with E-state index in [1.807, 2.05) is 47.4 Å². The fourth-order valence-electron chi connectivity index (χ4n) is 3.80. The van der Waals surface area contributed by atoms with Gasteiger partial charge in [0.1, 0.15) is 0 Å². The Kier molecular flexibility index (Phi) is 7.42. The first-order valence-electron chi connectivity index (χ1n) is 10.4. The number of benzene rings is 2. The molecule has 2 aromatic rings. The molecule has 1 atom stereocenters. The molecule has 0 aromatic heterocycles. The molecule has 1 aliphatic heterocycles. The topological polar surface area (TPSA) is 58.6 Å². The second kappa shape index (κ2) is 10.2. The van der Waals surface area contributed by atoms with Crippen LogP contribution in [0.3, 0.4) is 0 Å². The minimum atomic E-state index is -0.0938. The molecule has 1 heterocycles. The van der Waals surface area contributed by atoms with Gasteiger partial charge in [0, 0.05) is 43.8 Å². The third-order valence-electron chi connectivity index (χ3n) is 5.53. The third-order valence-corrected chi connectivity index (χ3v) is 5.53. The van der Waals surface area contributed by atoms with Crippen molar-refractivity contribution in [3.63, 3.8) is 0 Å². The summed E-state index contributed by atoms with van der Waals surface area (Å²) in [7, 11) is 1.61. The van der Waals surface area contributed by atoms with E-state index in [9.17, 15) is 9.59 Å². The highest BCUT2D eigenvalue weighted by Gasteiger charge is 2.26. The van der Waals surface area contributed by atoms with E-state index in [2.05, 4.69) is 18.3 Å². The van der Waals surface area contributed by atoms with Crippen LogP contribution in [0.4, 0.5) is 0 Å². The van der Waals surface area contributed by atoms with Crippen LogP contribution in [-0.2, 0) is 11.2 Å². The summed E-state index contributed by atoms with van der Waals surface area (Å²) in [6.07, 6.45) is 2.96. The number of ether oxygens (including phenoxy) is 1. The van der Waals surface area contributed by atoms with Gasteiger partial charge in [-0.15, -0.1) is 0 Å². The minimum Gasteiger partial charge on any atom is -0.383 e. The van der Waals surface area contributed by atoms with Crippen molar-refractivity contribution in [3.05, 3.63) is 70.8 Å². The lowest BCUT2D eigenvalue weighted by molar-refractivity contribution is 0.0706. The van der Waals surface area contributed by atoms with Crippen molar-refractivity contribution < 1.29 is 14.3 Å². The SMILES string of the molecule is CCc1ccc(C(=O)N2CCCC(c3cccc(C(=O)NCCOC)c3)C2)cc1. The van der Waals surface area contributed by atoms with Crippen LogP contribution in [0.25, 0.3) is 0 Å². The molecule has 3 rings (SSSR count). The maximum Gasteiger partial charge on any atom is 0.253 e. The number of nitrogens with one attached hydrogen (secondary N) is 1. The highest BCUT2D eigenvalue weighted by Crippen LogP contribution is 2.28. The Hall–Kier alpha value is -2.66. The van der Waals surface area contributed by atoms with Gasteiger partial charge in [-0.2, -0.15) is 0 Å². The lowest BCUT2D eigenvalue weighted by atomic mass is 9.89. The van der Waals surface area contributed by atoms with E-state index in [4.69, 9.17) is 4.74 Å². The Morgan fingerprint density at radius 3 is 2.66 bits per heavy atom. The highest BCUT2D eigenvalue weighted by atomic mass is 16.5. The Labute approximate surface area is 173 Å². The summed E-state index contributed by atoms with van der Waals surface area (Å²) < 4.78 is 4.98. The van der Waals surface area contributed by atoms with E-state index >= 15 is 0 Å². The van der Waals surface area contributed by atoms with Crippen molar-refractivity contribution in [1.29, 1.82) is 0 Å². The molecule has 1 saturated heterocycles. The zero-order chi connectivity index (χ0) is 20.6. The predicted molar refractivity (Wildman–Crippen MR) is 114 cm³/mol. The van der Waals surface area contributed by atoms with Gasteiger partial charge in [0.2, 0.25) is 0 Å². The smallest absolute Gasteiger partial charge is 0.253 e. The average Bonchev–Trinajstić information content (AvgIpc) is 2.79. The molecule has 154 valence electrons. The summed E-state index contributed by atoms with van der Waals surface area (Å²) >= 11 is 0. The van der Waals surface area contributed by atoms with Gasteiger partial charge in [0.15, 0.2) is 0 Å². The lowest BCUT2D eigenvalue weighted by Gasteiger charge is -2.33.